The van der Waals surface area contributed by atoms with Gasteiger partial charge in [0.1, 0.15) is 6.04 Å². The van der Waals surface area contributed by atoms with Gasteiger partial charge in [0.15, 0.2) is 11.5 Å². The molecule has 1 unspecified atom stereocenters. The third-order valence-corrected chi connectivity index (χ3v) is 4.54. The molecule has 1 amide bonds. The number of aromatic nitrogens is 2. The fourth-order valence-corrected chi connectivity index (χ4v) is 2.91. The third kappa shape index (κ3) is 13.7. The molecule has 0 saturated carbocycles. The molecule has 2 heterocycles. The van der Waals surface area contributed by atoms with Gasteiger partial charge in [-0.25, -0.2) is 9.79 Å². The second-order valence-electron chi connectivity index (χ2n) is 7.36. The van der Waals surface area contributed by atoms with Crippen molar-refractivity contribution >= 4 is 46.7 Å². The number of carbonyl (C=O) groups is 3. The van der Waals surface area contributed by atoms with Crippen molar-refractivity contribution < 1.29 is 97.6 Å². The number of carbonyl (C=O) groups excluding carboxylic acids is 1. The number of H-pyrrole nitrogens is 1. The summed E-state index contributed by atoms with van der Waals surface area (Å²) in [6.45, 7) is 0.682. The number of anilines is 3. The Kier molecular flexibility index (Phi) is 16.9. The van der Waals surface area contributed by atoms with Gasteiger partial charge >= 0.3 is 72.6 Å². The van der Waals surface area contributed by atoms with E-state index in [-0.39, 0.29) is 72.0 Å². The number of aliphatic imine (C=N–C) groups is 1. The molecule has 0 bridgehead atoms. The van der Waals surface area contributed by atoms with Crippen LogP contribution in [0.2, 0.25) is 0 Å². The third-order valence-electron chi connectivity index (χ3n) is 4.54. The molecule has 1 aliphatic rings. The van der Waals surface area contributed by atoms with E-state index in [4.69, 9.17) is 30.3 Å². The van der Waals surface area contributed by atoms with E-state index >= 15 is 0 Å². The Morgan fingerprint density at radius 1 is 1.12 bits per heavy atom. The number of benzene rings is 1. The predicted molar refractivity (Wildman–Crippen MR) is 130 cm³/mol. The summed E-state index contributed by atoms with van der Waals surface area (Å²) in [6.07, 6.45) is -0.598. The Hall–Kier alpha value is -3.29. The number of carboxylic acids is 2. The molecule has 0 saturated heterocycles. The van der Waals surface area contributed by atoms with Crippen LogP contribution in [0.4, 0.5) is 23.1 Å². The van der Waals surface area contributed by atoms with Crippen molar-refractivity contribution in [2.75, 3.05) is 29.5 Å². The zero-order valence-electron chi connectivity index (χ0n) is 21.8. The fraction of sp³-hybridized carbons (Fsp3) is 0.263. The number of fused-ring (bicyclic) bond motifs is 1. The van der Waals surface area contributed by atoms with Gasteiger partial charge in [0.25, 0.3) is 11.5 Å². The number of amides is 1. The Morgan fingerprint density at radius 3 is 2.23 bits per heavy atom. The molecular formula is C19H28MoN7NaO12. The number of nitrogens with two attached hydrogens (primary N) is 1. The Morgan fingerprint density at radius 2 is 1.70 bits per heavy atom. The van der Waals surface area contributed by atoms with Crippen molar-refractivity contribution in [2.45, 2.75) is 18.9 Å². The van der Waals surface area contributed by atoms with Gasteiger partial charge in [-0.3, -0.25) is 19.4 Å². The number of nitrogen functional groups attached to an aromatic ring is 1. The molecule has 0 aliphatic carbocycles. The molecule has 14 N–H and O–H groups in total. The first-order valence-corrected chi connectivity index (χ1v) is 13.7. The summed E-state index contributed by atoms with van der Waals surface area (Å²) in [4.78, 5) is 56.7. The first-order chi connectivity index (χ1) is 17.2. The van der Waals surface area contributed by atoms with Gasteiger partial charge in [0.05, 0.1) is 18.8 Å². The molecule has 1 atom stereocenters. The summed E-state index contributed by atoms with van der Waals surface area (Å²) in [7, 11) is 0. The molecular weight excluding hydrogens is 637 g/mol. The van der Waals surface area contributed by atoms with Crippen molar-refractivity contribution in [1.82, 2.24) is 15.3 Å². The van der Waals surface area contributed by atoms with Gasteiger partial charge in [-0.2, -0.15) is 4.98 Å². The molecule has 40 heavy (non-hydrogen) atoms. The van der Waals surface area contributed by atoms with E-state index in [1.165, 1.54) is 12.1 Å². The molecule has 3 rings (SSSR count). The van der Waals surface area contributed by atoms with E-state index in [2.05, 4.69) is 30.9 Å². The van der Waals surface area contributed by atoms with Crippen LogP contribution in [-0.2, 0) is 33.1 Å². The van der Waals surface area contributed by atoms with Crippen LogP contribution in [-0.4, -0.2) is 81.3 Å². The molecule has 218 valence electrons. The zero-order valence-corrected chi connectivity index (χ0v) is 24.8. The van der Waals surface area contributed by atoms with Crippen LogP contribution >= 0.6 is 0 Å². The number of aliphatic carboxylic acids is 2. The SMILES string of the molecule is Nc1nc2c(c(=O)[nH]1)N=C(CNc1ccc(C(=O)NC(CCC(=O)O)C(=O)O)cc1)CN2.O.O.[H-].[Na+].[O]=[Mo](=[O])([OH])[OH]. The van der Waals surface area contributed by atoms with Gasteiger partial charge in [-0.05, 0) is 30.7 Å². The minimum absolute atomic E-state index is 0. The van der Waals surface area contributed by atoms with Crippen molar-refractivity contribution in [2.24, 2.45) is 4.99 Å². The van der Waals surface area contributed by atoms with Crippen LogP contribution in [0, 0.1) is 0 Å². The van der Waals surface area contributed by atoms with Crippen LogP contribution in [0.1, 0.15) is 24.6 Å². The Balaban J connectivity index is -0.00000148. The number of hydrogen-bond acceptors (Lipinski definition) is 11. The van der Waals surface area contributed by atoms with E-state index in [1.54, 1.807) is 12.1 Å². The molecule has 19 nitrogen and oxygen atoms in total. The van der Waals surface area contributed by atoms with Gasteiger partial charge in [0.2, 0.25) is 5.95 Å². The van der Waals surface area contributed by atoms with Gasteiger partial charge in [0, 0.05) is 17.7 Å². The number of nitrogens with zero attached hydrogens (tertiary/aromatic N) is 2. The summed E-state index contributed by atoms with van der Waals surface area (Å²) >= 11 is -5.52. The fourth-order valence-electron chi connectivity index (χ4n) is 2.91. The van der Waals surface area contributed by atoms with Crippen molar-refractivity contribution in [3.8, 4) is 0 Å². The molecule has 1 aromatic carbocycles. The number of aromatic amines is 1. The molecule has 0 spiro atoms. The number of carboxylic acid groups (broad SMARTS) is 2. The minimum atomic E-state index is -5.52. The number of nitrogens with one attached hydrogen (secondary N) is 4. The first kappa shape index (κ1) is 38.9. The van der Waals surface area contributed by atoms with E-state index in [0.29, 0.717) is 30.3 Å². The van der Waals surface area contributed by atoms with Crippen molar-refractivity contribution in [3.63, 3.8) is 0 Å². The predicted octanol–water partition coefficient (Wildman–Crippen LogP) is -5.88. The summed E-state index contributed by atoms with van der Waals surface area (Å²) in [5, 5.41) is 26.2. The van der Waals surface area contributed by atoms with Crippen LogP contribution in [0.25, 0.3) is 0 Å². The Labute approximate surface area is 252 Å². The van der Waals surface area contributed by atoms with E-state index < -0.39 is 46.2 Å². The standard InChI is InChI=1S/C19H21N7O6.Mo.Na.4H2O.2O.H/c20-19-25-15-14(17(30)26-19)23-11(8-22-15)7-21-10-3-1-9(2-4-10)16(29)24-12(18(31)32)5-6-13(27)28;;;;;;;;;/h1-4,12,21H,5-8H2,(H,24,29)(H,27,28)(H,31,32)(H4,20,22,25,26,30);;;4*1H2;;;/q;+2;+1;;;;;;;-1/p-2. The van der Waals surface area contributed by atoms with Crippen molar-refractivity contribution in [1.29, 1.82) is 0 Å². The topological polar surface area (TPSA) is 349 Å². The quantitative estimate of drug-likeness (QED) is 0.113. The molecule has 0 fully saturated rings. The van der Waals surface area contributed by atoms with Crippen molar-refractivity contribution in [3.05, 3.63) is 40.2 Å². The summed E-state index contributed by atoms with van der Waals surface area (Å²) in [5.41, 5.74) is 6.74. The van der Waals surface area contributed by atoms with E-state index in [0.717, 1.165) is 0 Å². The van der Waals surface area contributed by atoms with Gasteiger partial charge < -0.3 is 44.3 Å². The second kappa shape index (κ2) is 17.4. The molecule has 0 radical (unpaired) electrons. The van der Waals surface area contributed by atoms with Gasteiger partial charge in [-0.1, -0.05) is 0 Å². The average Bonchev–Trinajstić information content (AvgIpc) is 2.79. The summed E-state index contributed by atoms with van der Waals surface area (Å²) in [5.74, 6) is -2.77. The molecule has 2 aromatic rings. The van der Waals surface area contributed by atoms with Crippen LogP contribution < -0.4 is 56.8 Å². The normalized spacial score (nSPS) is 12.0. The Bertz CT molecular complexity index is 1370. The van der Waals surface area contributed by atoms with Gasteiger partial charge in [-0.15, -0.1) is 0 Å². The zero-order chi connectivity index (χ0) is 27.8. The number of rotatable bonds is 9. The van der Waals surface area contributed by atoms with Crippen LogP contribution in [0.15, 0.2) is 34.1 Å². The first-order valence-electron chi connectivity index (χ1n) is 10.2. The second-order valence-corrected chi connectivity index (χ2v) is 9.56. The van der Waals surface area contributed by atoms with Crippen LogP contribution in [0.5, 0.6) is 0 Å². The van der Waals surface area contributed by atoms with E-state index in [1.807, 2.05) is 0 Å². The van der Waals surface area contributed by atoms with Crippen LogP contribution in [0.3, 0.4) is 0 Å². The monoisotopic (exact) mass is 667 g/mol. The molecule has 21 heteroatoms. The molecule has 1 aromatic heterocycles. The summed E-state index contributed by atoms with van der Waals surface area (Å²) in [6, 6.07) is 4.95. The maximum absolute atomic E-state index is 12.3. The number of hydrogen-bond donors (Lipinski definition) is 9. The van der Waals surface area contributed by atoms with E-state index in [9.17, 15) is 19.2 Å². The molecule has 1 aliphatic heterocycles. The maximum atomic E-state index is 12.3. The summed E-state index contributed by atoms with van der Waals surface area (Å²) < 4.78 is 32.0. The average molecular weight is 665 g/mol.